The number of hydrogen-bond acceptors (Lipinski definition) is 7. The Bertz CT molecular complexity index is 936. The minimum absolute atomic E-state index is 0.234. The van der Waals surface area contributed by atoms with Gasteiger partial charge in [0.2, 0.25) is 0 Å². The molecule has 0 unspecified atom stereocenters. The van der Waals surface area contributed by atoms with Crippen molar-refractivity contribution in [1.82, 2.24) is 10.1 Å². The first kappa shape index (κ1) is 18.9. The van der Waals surface area contributed by atoms with Crippen LogP contribution in [0.5, 0.6) is 0 Å². The van der Waals surface area contributed by atoms with E-state index in [0.29, 0.717) is 24.8 Å². The van der Waals surface area contributed by atoms with E-state index in [0.717, 1.165) is 30.2 Å². The molecule has 29 heavy (non-hydrogen) atoms. The number of morpholine rings is 1. The standard InChI is InChI=1S/C21H23N5O3/c1-15-13-18(25-29-15)24-21(27)20(16-5-3-2-4-6-16)23-17-7-8-19(22-14-17)26-9-11-28-12-10-26/h2-8,13-14,20,23H,9-12H2,1H3,(H,24,25,27)/t20-/m0/s1. The summed E-state index contributed by atoms with van der Waals surface area (Å²) < 4.78 is 10.4. The van der Waals surface area contributed by atoms with Gasteiger partial charge in [0.1, 0.15) is 17.6 Å². The smallest absolute Gasteiger partial charge is 0.252 e. The predicted molar refractivity (Wildman–Crippen MR) is 110 cm³/mol. The number of carbonyl (C=O) groups is 1. The highest BCUT2D eigenvalue weighted by atomic mass is 16.5. The lowest BCUT2D eigenvalue weighted by molar-refractivity contribution is -0.117. The summed E-state index contributed by atoms with van der Waals surface area (Å²) in [6.45, 7) is 4.84. The number of pyridine rings is 1. The van der Waals surface area contributed by atoms with Gasteiger partial charge in [-0.3, -0.25) is 4.79 Å². The first-order valence-electron chi connectivity index (χ1n) is 9.53. The fourth-order valence-corrected chi connectivity index (χ4v) is 3.19. The molecule has 0 radical (unpaired) electrons. The second-order valence-corrected chi connectivity index (χ2v) is 6.80. The Hall–Kier alpha value is -3.39. The van der Waals surface area contributed by atoms with Gasteiger partial charge in [0.25, 0.3) is 5.91 Å². The van der Waals surface area contributed by atoms with E-state index in [1.54, 1.807) is 19.2 Å². The third kappa shape index (κ3) is 4.72. The molecule has 1 saturated heterocycles. The van der Waals surface area contributed by atoms with Crippen molar-refractivity contribution in [3.8, 4) is 0 Å². The molecule has 1 fully saturated rings. The van der Waals surface area contributed by atoms with Crippen molar-refractivity contribution in [1.29, 1.82) is 0 Å². The van der Waals surface area contributed by atoms with Crippen molar-refractivity contribution >= 4 is 23.2 Å². The number of aryl methyl sites for hydroxylation is 1. The highest BCUT2D eigenvalue weighted by Gasteiger charge is 2.22. The maximum Gasteiger partial charge on any atom is 0.252 e. The lowest BCUT2D eigenvalue weighted by Crippen LogP contribution is -2.36. The first-order chi connectivity index (χ1) is 14.2. The van der Waals surface area contributed by atoms with E-state index in [4.69, 9.17) is 9.26 Å². The second-order valence-electron chi connectivity index (χ2n) is 6.80. The molecule has 1 aromatic carbocycles. The first-order valence-corrected chi connectivity index (χ1v) is 9.53. The Morgan fingerprint density at radius 2 is 1.93 bits per heavy atom. The lowest BCUT2D eigenvalue weighted by Gasteiger charge is -2.28. The number of amides is 1. The minimum atomic E-state index is -0.607. The molecule has 0 saturated carbocycles. The highest BCUT2D eigenvalue weighted by Crippen LogP contribution is 2.23. The number of benzene rings is 1. The summed E-state index contributed by atoms with van der Waals surface area (Å²) in [5, 5.41) is 9.91. The molecular formula is C21H23N5O3. The molecule has 1 aliphatic rings. The molecule has 8 nitrogen and oxygen atoms in total. The molecule has 0 spiro atoms. The SMILES string of the molecule is Cc1cc(NC(=O)[C@@H](Nc2ccc(N3CCOCC3)nc2)c2ccccc2)no1. The van der Waals surface area contributed by atoms with Crippen molar-refractivity contribution in [3.05, 3.63) is 66.1 Å². The van der Waals surface area contributed by atoms with E-state index in [1.165, 1.54) is 0 Å². The van der Waals surface area contributed by atoms with Gasteiger partial charge in [0.15, 0.2) is 5.82 Å². The van der Waals surface area contributed by atoms with Gasteiger partial charge in [-0.2, -0.15) is 0 Å². The Labute approximate surface area is 168 Å². The molecule has 1 aliphatic heterocycles. The van der Waals surface area contributed by atoms with Gasteiger partial charge in [0, 0.05) is 19.2 Å². The molecule has 3 heterocycles. The van der Waals surface area contributed by atoms with E-state index >= 15 is 0 Å². The molecular weight excluding hydrogens is 370 g/mol. The molecule has 1 amide bonds. The third-order valence-corrected chi connectivity index (χ3v) is 4.67. The summed E-state index contributed by atoms with van der Waals surface area (Å²) in [7, 11) is 0. The van der Waals surface area contributed by atoms with Crippen LogP contribution in [0.1, 0.15) is 17.4 Å². The molecule has 4 rings (SSSR count). The van der Waals surface area contributed by atoms with Crippen molar-refractivity contribution in [2.75, 3.05) is 41.8 Å². The number of nitrogens with one attached hydrogen (secondary N) is 2. The van der Waals surface area contributed by atoms with Crippen LogP contribution in [-0.2, 0) is 9.53 Å². The van der Waals surface area contributed by atoms with Gasteiger partial charge >= 0.3 is 0 Å². The van der Waals surface area contributed by atoms with Gasteiger partial charge in [0.05, 0.1) is 25.1 Å². The summed E-state index contributed by atoms with van der Waals surface area (Å²) >= 11 is 0. The average Bonchev–Trinajstić information content (AvgIpc) is 3.18. The maximum absolute atomic E-state index is 12.9. The summed E-state index contributed by atoms with van der Waals surface area (Å²) in [6.07, 6.45) is 1.74. The summed E-state index contributed by atoms with van der Waals surface area (Å²) in [6, 6.07) is 14.5. The summed E-state index contributed by atoms with van der Waals surface area (Å²) in [5.41, 5.74) is 1.59. The van der Waals surface area contributed by atoms with E-state index in [9.17, 15) is 4.79 Å². The van der Waals surface area contributed by atoms with Crippen molar-refractivity contribution in [3.63, 3.8) is 0 Å². The zero-order valence-electron chi connectivity index (χ0n) is 16.2. The topological polar surface area (TPSA) is 92.5 Å². The number of ether oxygens (including phenoxy) is 1. The summed E-state index contributed by atoms with van der Waals surface area (Å²) in [4.78, 5) is 19.7. The van der Waals surface area contributed by atoms with Crippen molar-refractivity contribution in [2.24, 2.45) is 0 Å². The van der Waals surface area contributed by atoms with Crippen LogP contribution in [0, 0.1) is 6.92 Å². The monoisotopic (exact) mass is 393 g/mol. The Morgan fingerprint density at radius 3 is 2.59 bits per heavy atom. The second kappa shape index (κ2) is 8.74. The average molecular weight is 393 g/mol. The van der Waals surface area contributed by atoms with Gasteiger partial charge in [-0.1, -0.05) is 35.5 Å². The highest BCUT2D eigenvalue weighted by molar-refractivity contribution is 5.96. The molecule has 1 atom stereocenters. The maximum atomic E-state index is 12.9. The molecule has 3 aromatic rings. The Kier molecular flexibility index (Phi) is 5.71. The third-order valence-electron chi connectivity index (χ3n) is 4.67. The fourth-order valence-electron chi connectivity index (χ4n) is 3.19. The molecule has 0 bridgehead atoms. The number of nitrogens with zero attached hydrogens (tertiary/aromatic N) is 3. The van der Waals surface area contributed by atoms with Crippen LogP contribution < -0.4 is 15.5 Å². The largest absolute Gasteiger partial charge is 0.378 e. The molecule has 0 aliphatic carbocycles. The van der Waals surface area contributed by atoms with Crippen molar-refractivity contribution < 1.29 is 14.1 Å². The number of aromatic nitrogens is 2. The minimum Gasteiger partial charge on any atom is -0.378 e. The molecule has 2 N–H and O–H groups in total. The van der Waals surface area contributed by atoms with Crippen molar-refractivity contribution in [2.45, 2.75) is 13.0 Å². The lowest BCUT2D eigenvalue weighted by atomic mass is 10.1. The number of hydrogen-bond donors (Lipinski definition) is 2. The number of rotatable bonds is 6. The van der Waals surface area contributed by atoms with Gasteiger partial charge in [-0.25, -0.2) is 4.98 Å². The Morgan fingerprint density at radius 1 is 1.14 bits per heavy atom. The number of carbonyl (C=O) groups excluding carboxylic acids is 1. The summed E-state index contributed by atoms with van der Waals surface area (Å²) in [5.74, 6) is 1.68. The molecule has 2 aromatic heterocycles. The zero-order chi connectivity index (χ0) is 20.1. The van der Waals surface area contributed by atoms with Crippen LogP contribution in [0.15, 0.2) is 59.3 Å². The van der Waals surface area contributed by atoms with Gasteiger partial charge in [-0.15, -0.1) is 0 Å². The molecule has 150 valence electrons. The molecule has 8 heteroatoms. The van der Waals surface area contributed by atoms with Crippen LogP contribution in [0.2, 0.25) is 0 Å². The fraction of sp³-hybridized carbons (Fsp3) is 0.286. The predicted octanol–water partition coefficient (Wildman–Crippen LogP) is 3.01. The van der Waals surface area contributed by atoms with Crippen LogP contribution in [0.3, 0.4) is 0 Å². The van der Waals surface area contributed by atoms with Crippen LogP contribution >= 0.6 is 0 Å². The van der Waals surface area contributed by atoms with E-state index in [1.807, 2.05) is 42.5 Å². The van der Waals surface area contributed by atoms with Crippen LogP contribution in [0.4, 0.5) is 17.3 Å². The van der Waals surface area contributed by atoms with E-state index < -0.39 is 6.04 Å². The van der Waals surface area contributed by atoms with Gasteiger partial charge < -0.3 is 24.8 Å². The van der Waals surface area contributed by atoms with Gasteiger partial charge in [-0.05, 0) is 24.6 Å². The Balaban J connectivity index is 1.51. The van der Waals surface area contributed by atoms with E-state index in [-0.39, 0.29) is 5.91 Å². The quantitative estimate of drug-likeness (QED) is 0.665. The van der Waals surface area contributed by atoms with Crippen LogP contribution in [0.25, 0.3) is 0 Å². The normalized spacial score (nSPS) is 15.0. The van der Waals surface area contributed by atoms with E-state index in [2.05, 4.69) is 25.7 Å². The van der Waals surface area contributed by atoms with Crippen LogP contribution in [-0.4, -0.2) is 42.4 Å². The zero-order valence-corrected chi connectivity index (χ0v) is 16.2. The number of anilines is 3.